The zero-order chi connectivity index (χ0) is 9.68. The molecule has 0 radical (unpaired) electrons. The fourth-order valence-electron chi connectivity index (χ4n) is 1.93. The van der Waals surface area contributed by atoms with E-state index in [1.807, 2.05) is 6.92 Å². The lowest BCUT2D eigenvalue weighted by Crippen LogP contribution is -2.31. The molecule has 0 aromatic rings. The highest BCUT2D eigenvalue weighted by atomic mass is 16.3. The lowest BCUT2D eigenvalue weighted by Gasteiger charge is -2.26. The van der Waals surface area contributed by atoms with Gasteiger partial charge in [-0.3, -0.25) is 4.79 Å². The van der Waals surface area contributed by atoms with Crippen LogP contribution in [0.5, 0.6) is 0 Å². The minimum Gasteiger partial charge on any atom is -0.393 e. The normalized spacial score (nSPS) is 28.5. The first-order valence-corrected chi connectivity index (χ1v) is 5.18. The highest BCUT2D eigenvalue weighted by molar-refractivity contribution is 5.76. The molecule has 3 heteroatoms. The zero-order valence-electron chi connectivity index (χ0n) is 8.25. The molecule has 0 aromatic carbocycles. The number of nitrogens with one attached hydrogen (secondary N) is 1. The van der Waals surface area contributed by atoms with Crippen LogP contribution in [0.1, 0.15) is 39.0 Å². The first-order chi connectivity index (χ1) is 6.24. The Morgan fingerprint density at radius 2 is 2.15 bits per heavy atom. The molecule has 0 spiro atoms. The minimum absolute atomic E-state index is 0.0773. The molecule has 1 rings (SSSR count). The number of hydrogen-bond donors (Lipinski definition) is 2. The molecule has 1 aliphatic rings. The van der Waals surface area contributed by atoms with Crippen LogP contribution in [-0.2, 0) is 4.79 Å². The Kier molecular flexibility index (Phi) is 4.22. The molecule has 0 heterocycles. The van der Waals surface area contributed by atoms with Crippen molar-refractivity contribution >= 4 is 5.91 Å². The van der Waals surface area contributed by atoms with Gasteiger partial charge in [0.05, 0.1) is 6.10 Å². The van der Waals surface area contributed by atoms with Crippen molar-refractivity contribution in [2.45, 2.75) is 45.1 Å². The standard InChI is InChI=1S/C10H19NO2/c1-2-11-10(13)7-8-5-3-4-6-9(8)12/h8-9,12H,2-7H2,1H3,(H,11,13)/t8-,9+/m0/s1. The molecule has 3 nitrogen and oxygen atoms in total. The third-order valence-corrected chi connectivity index (χ3v) is 2.69. The van der Waals surface area contributed by atoms with Crippen molar-refractivity contribution in [1.82, 2.24) is 5.32 Å². The van der Waals surface area contributed by atoms with Crippen LogP contribution in [0.2, 0.25) is 0 Å². The second kappa shape index (κ2) is 5.22. The Hall–Kier alpha value is -0.570. The molecule has 13 heavy (non-hydrogen) atoms. The summed E-state index contributed by atoms with van der Waals surface area (Å²) in [6.07, 6.45) is 4.36. The van der Waals surface area contributed by atoms with Gasteiger partial charge < -0.3 is 10.4 Å². The summed E-state index contributed by atoms with van der Waals surface area (Å²) in [4.78, 5) is 11.2. The predicted molar refractivity (Wildman–Crippen MR) is 51.3 cm³/mol. The van der Waals surface area contributed by atoms with E-state index >= 15 is 0 Å². The van der Waals surface area contributed by atoms with Gasteiger partial charge in [0, 0.05) is 13.0 Å². The smallest absolute Gasteiger partial charge is 0.220 e. The summed E-state index contributed by atoms with van der Waals surface area (Å²) < 4.78 is 0. The second-order valence-electron chi connectivity index (χ2n) is 3.77. The Morgan fingerprint density at radius 1 is 1.46 bits per heavy atom. The Bertz CT molecular complexity index is 170. The highest BCUT2D eigenvalue weighted by Crippen LogP contribution is 2.26. The van der Waals surface area contributed by atoms with Gasteiger partial charge in [0.15, 0.2) is 0 Å². The average Bonchev–Trinajstić information content (AvgIpc) is 2.09. The number of aliphatic hydroxyl groups excluding tert-OH is 1. The largest absolute Gasteiger partial charge is 0.393 e. The SMILES string of the molecule is CCNC(=O)C[C@@H]1CCCC[C@H]1O. The van der Waals surface area contributed by atoms with Crippen LogP contribution in [0.25, 0.3) is 0 Å². The molecule has 1 amide bonds. The van der Waals surface area contributed by atoms with Gasteiger partial charge in [-0.25, -0.2) is 0 Å². The van der Waals surface area contributed by atoms with E-state index in [0.29, 0.717) is 13.0 Å². The number of aliphatic hydroxyl groups is 1. The van der Waals surface area contributed by atoms with E-state index < -0.39 is 0 Å². The molecular formula is C10H19NO2. The van der Waals surface area contributed by atoms with Gasteiger partial charge in [0.2, 0.25) is 5.91 Å². The van der Waals surface area contributed by atoms with E-state index in [0.717, 1.165) is 25.7 Å². The van der Waals surface area contributed by atoms with Crippen molar-refractivity contribution < 1.29 is 9.90 Å². The summed E-state index contributed by atoms with van der Waals surface area (Å²) in [6, 6.07) is 0. The Labute approximate surface area is 79.5 Å². The van der Waals surface area contributed by atoms with E-state index in [2.05, 4.69) is 5.32 Å². The molecule has 2 N–H and O–H groups in total. The van der Waals surface area contributed by atoms with Crippen molar-refractivity contribution in [2.75, 3.05) is 6.54 Å². The van der Waals surface area contributed by atoms with Crippen LogP contribution in [0.15, 0.2) is 0 Å². The van der Waals surface area contributed by atoms with Gasteiger partial charge >= 0.3 is 0 Å². The van der Waals surface area contributed by atoms with Crippen LogP contribution in [-0.4, -0.2) is 23.7 Å². The minimum atomic E-state index is -0.253. The molecule has 0 aromatic heterocycles. The molecule has 2 atom stereocenters. The van der Waals surface area contributed by atoms with Crippen LogP contribution in [0.3, 0.4) is 0 Å². The maximum atomic E-state index is 11.2. The number of carbonyl (C=O) groups is 1. The van der Waals surface area contributed by atoms with E-state index in [-0.39, 0.29) is 17.9 Å². The summed E-state index contributed by atoms with van der Waals surface area (Å²) >= 11 is 0. The highest BCUT2D eigenvalue weighted by Gasteiger charge is 2.24. The summed E-state index contributed by atoms with van der Waals surface area (Å²) in [7, 11) is 0. The third-order valence-electron chi connectivity index (χ3n) is 2.69. The van der Waals surface area contributed by atoms with Crippen molar-refractivity contribution in [3.8, 4) is 0 Å². The van der Waals surface area contributed by atoms with Crippen LogP contribution >= 0.6 is 0 Å². The average molecular weight is 185 g/mol. The molecule has 0 saturated heterocycles. The lowest BCUT2D eigenvalue weighted by atomic mass is 9.84. The predicted octanol–water partition coefficient (Wildman–Crippen LogP) is 1.06. The summed E-state index contributed by atoms with van der Waals surface area (Å²) in [5.41, 5.74) is 0. The molecule has 1 aliphatic carbocycles. The summed E-state index contributed by atoms with van der Waals surface area (Å²) in [5.74, 6) is 0.272. The van der Waals surface area contributed by atoms with E-state index in [4.69, 9.17) is 0 Å². The maximum absolute atomic E-state index is 11.2. The van der Waals surface area contributed by atoms with Crippen molar-refractivity contribution in [1.29, 1.82) is 0 Å². The fourth-order valence-corrected chi connectivity index (χ4v) is 1.93. The molecule has 1 fully saturated rings. The summed E-state index contributed by atoms with van der Waals surface area (Å²) in [5, 5.41) is 12.4. The maximum Gasteiger partial charge on any atom is 0.220 e. The summed E-state index contributed by atoms with van der Waals surface area (Å²) in [6.45, 7) is 2.59. The van der Waals surface area contributed by atoms with Crippen LogP contribution < -0.4 is 5.32 Å². The molecule has 0 aliphatic heterocycles. The fraction of sp³-hybridized carbons (Fsp3) is 0.900. The molecule has 76 valence electrons. The van der Waals surface area contributed by atoms with Crippen LogP contribution in [0.4, 0.5) is 0 Å². The molecule has 1 saturated carbocycles. The number of hydrogen-bond acceptors (Lipinski definition) is 2. The van der Waals surface area contributed by atoms with Gasteiger partial charge in [-0.05, 0) is 25.7 Å². The topological polar surface area (TPSA) is 49.3 Å². The third kappa shape index (κ3) is 3.35. The monoisotopic (exact) mass is 185 g/mol. The number of rotatable bonds is 3. The zero-order valence-corrected chi connectivity index (χ0v) is 8.25. The first-order valence-electron chi connectivity index (χ1n) is 5.18. The van der Waals surface area contributed by atoms with Gasteiger partial charge in [-0.2, -0.15) is 0 Å². The van der Waals surface area contributed by atoms with Gasteiger partial charge in [0.25, 0.3) is 0 Å². The van der Waals surface area contributed by atoms with E-state index in [1.165, 1.54) is 0 Å². The number of carbonyl (C=O) groups excluding carboxylic acids is 1. The Balaban J connectivity index is 2.29. The van der Waals surface area contributed by atoms with Crippen molar-refractivity contribution in [2.24, 2.45) is 5.92 Å². The van der Waals surface area contributed by atoms with Crippen molar-refractivity contribution in [3.05, 3.63) is 0 Å². The molecule has 0 unspecified atom stereocenters. The second-order valence-corrected chi connectivity index (χ2v) is 3.77. The lowest BCUT2D eigenvalue weighted by molar-refractivity contribution is -0.123. The van der Waals surface area contributed by atoms with Crippen LogP contribution in [0, 0.1) is 5.92 Å². The van der Waals surface area contributed by atoms with Crippen molar-refractivity contribution in [3.63, 3.8) is 0 Å². The van der Waals surface area contributed by atoms with Gasteiger partial charge in [-0.15, -0.1) is 0 Å². The molecular weight excluding hydrogens is 166 g/mol. The van der Waals surface area contributed by atoms with Gasteiger partial charge in [0.1, 0.15) is 0 Å². The van der Waals surface area contributed by atoms with Gasteiger partial charge in [-0.1, -0.05) is 12.8 Å². The Morgan fingerprint density at radius 3 is 2.77 bits per heavy atom. The van der Waals surface area contributed by atoms with E-state index in [9.17, 15) is 9.90 Å². The first kappa shape index (κ1) is 10.5. The quantitative estimate of drug-likeness (QED) is 0.691. The molecule has 0 bridgehead atoms. The van der Waals surface area contributed by atoms with E-state index in [1.54, 1.807) is 0 Å². The number of amides is 1.